The number of carbonyl (C=O) groups is 2. The molecule has 2 aromatic carbocycles. The number of hydrogen-bond donors (Lipinski definition) is 1. The van der Waals surface area contributed by atoms with Crippen molar-refractivity contribution >= 4 is 34.7 Å². The standard InChI is InChI=1S/C31H29ClN6O2/c1-20-5-4-8-29(27-17-21(11-13-33-27)24-6-2-3-7-26(24)35-31(20)40)37-15-12-22(18-30(37)39)25-19-23(32)9-10-28(25)38-16-14-34-36-38/h2-3,6-7,9-11,13-14,16-20,29H,4-5,8,12,15H2,1H3,(H,35,40). The summed E-state index contributed by atoms with van der Waals surface area (Å²) in [6.07, 6.45) is 9.77. The number of para-hydroxylation sites is 1. The van der Waals surface area contributed by atoms with Gasteiger partial charge < -0.3 is 10.2 Å². The van der Waals surface area contributed by atoms with Gasteiger partial charge in [-0.15, -0.1) is 5.10 Å². The number of anilines is 1. The third kappa shape index (κ3) is 5.14. The van der Waals surface area contributed by atoms with Crippen molar-refractivity contribution in [1.82, 2.24) is 24.9 Å². The van der Waals surface area contributed by atoms with Gasteiger partial charge in [0, 0.05) is 46.6 Å². The second-order valence-corrected chi connectivity index (χ2v) is 10.7. The van der Waals surface area contributed by atoms with E-state index >= 15 is 0 Å². The van der Waals surface area contributed by atoms with E-state index in [2.05, 4.69) is 15.6 Å². The van der Waals surface area contributed by atoms with E-state index in [-0.39, 0.29) is 23.8 Å². The van der Waals surface area contributed by atoms with E-state index in [1.54, 1.807) is 29.3 Å². The summed E-state index contributed by atoms with van der Waals surface area (Å²) in [7, 11) is 0. The van der Waals surface area contributed by atoms with E-state index in [4.69, 9.17) is 16.6 Å². The van der Waals surface area contributed by atoms with Crippen LogP contribution in [0.25, 0.3) is 22.4 Å². The molecule has 0 saturated carbocycles. The van der Waals surface area contributed by atoms with Crippen LogP contribution in [0.1, 0.15) is 49.9 Å². The summed E-state index contributed by atoms with van der Waals surface area (Å²) in [4.78, 5) is 33.3. The van der Waals surface area contributed by atoms with Gasteiger partial charge in [0.05, 0.1) is 29.8 Å². The van der Waals surface area contributed by atoms with Gasteiger partial charge in [-0.1, -0.05) is 48.4 Å². The first-order valence-corrected chi connectivity index (χ1v) is 13.9. The number of nitrogens with one attached hydrogen (secondary N) is 1. The zero-order valence-corrected chi connectivity index (χ0v) is 22.9. The number of pyridine rings is 1. The van der Waals surface area contributed by atoms with E-state index < -0.39 is 0 Å². The number of amides is 2. The lowest BCUT2D eigenvalue weighted by Gasteiger charge is -2.35. The predicted molar refractivity (Wildman–Crippen MR) is 155 cm³/mol. The average molecular weight is 553 g/mol. The van der Waals surface area contributed by atoms with Gasteiger partial charge in [0.25, 0.3) is 0 Å². The first kappa shape index (κ1) is 26.0. The Labute approximate surface area is 237 Å². The van der Waals surface area contributed by atoms with Crippen LogP contribution in [0.4, 0.5) is 5.69 Å². The van der Waals surface area contributed by atoms with Crippen molar-refractivity contribution in [2.75, 3.05) is 11.9 Å². The Morgan fingerprint density at radius 2 is 1.88 bits per heavy atom. The van der Waals surface area contributed by atoms with Gasteiger partial charge in [0.1, 0.15) is 0 Å². The summed E-state index contributed by atoms with van der Waals surface area (Å²) in [6, 6.07) is 17.2. The highest BCUT2D eigenvalue weighted by Gasteiger charge is 2.30. The van der Waals surface area contributed by atoms with Crippen LogP contribution in [0.2, 0.25) is 5.02 Å². The molecule has 2 amide bonds. The molecule has 0 saturated heterocycles. The molecule has 9 heteroatoms. The number of halogens is 1. The fourth-order valence-electron chi connectivity index (χ4n) is 5.59. The molecule has 2 unspecified atom stereocenters. The lowest BCUT2D eigenvalue weighted by atomic mass is 9.92. The van der Waals surface area contributed by atoms with Gasteiger partial charge in [0.15, 0.2) is 0 Å². The third-order valence-electron chi connectivity index (χ3n) is 7.73. The topological polar surface area (TPSA) is 93.0 Å². The van der Waals surface area contributed by atoms with Crippen LogP contribution in [-0.4, -0.2) is 43.2 Å². The second kappa shape index (κ2) is 11.1. The molecular formula is C31H29ClN6O2. The normalized spacial score (nSPS) is 19.6. The van der Waals surface area contributed by atoms with Gasteiger partial charge in [0.2, 0.25) is 11.8 Å². The number of fused-ring (bicyclic) bond motifs is 4. The van der Waals surface area contributed by atoms with E-state index in [0.717, 1.165) is 52.2 Å². The maximum absolute atomic E-state index is 13.7. The second-order valence-electron chi connectivity index (χ2n) is 10.3. The van der Waals surface area contributed by atoms with Crippen molar-refractivity contribution in [3.63, 3.8) is 0 Å². The first-order chi connectivity index (χ1) is 19.5. The Morgan fingerprint density at radius 3 is 2.70 bits per heavy atom. The van der Waals surface area contributed by atoms with E-state index in [1.165, 1.54) is 0 Å². The predicted octanol–water partition coefficient (Wildman–Crippen LogP) is 6.10. The Hall–Kier alpha value is -4.30. The number of benzene rings is 2. The van der Waals surface area contributed by atoms with Gasteiger partial charge in [-0.3, -0.25) is 14.6 Å². The molecular weight excluding hydrogens is 524 g/mol. The lowest BCUT2D eigenvalue weighted by Crippen LogP contribution is -2.38. The minimum Gasteiger partial charge on any atom is -0.330 e. The van der Waals surface area contributed by atoms with Crippen LogP contribution in [0.5, 0.6) is 0 Å². The van der Waals surface area contributed by atoms with Gasteiger partial charge >= 0.3 is 0 Å². The zero-order valence-electron chi connectivity index (χ0n) is 22.1. The number of rotatable bonds is 3. The van der Waals surface area contributed by atoms with Crippen molar-refractivity contribution in [3.8, 4) is 16.8 Å². The van der Waals surface area contributed by atoms with Crippen molar-refractivity contribution in [2.24, 2.45) is 5.92 Å². The number of hydrogen-bond acceptors (Lipinski definition) is 5. The van der Waals surface area contributed by atoms with Crippen LogP contribution >= 0.6 is 11.6 Å². The molecule has 0 aliphatic carbocycles. The Bertz CT molecular complexity index is 1600. The summed E-state index contributed by atoms with van der Waals surface area (Å²) in [5.41, 5.74) is 6.10. The van der Waals surface area contributed by atoms with Crippen molar-refractivity contribution in [3.05, 3.63) is 95.5 Å². The molecule has 1 N–H and O–H groups in total. The fraction of sp³-hybridized carbons (Fsp3) is 0.258. The molecule has 0 spiro atoms. The van der Waals surface area contributed by atoms with Gasteiger partial charge in [-0.2, -0.15) is 0 Å². The van der Waals surface area contributed by atoms with Crippen LogP contribution < -0.4 is 5.32 Å². The summed E-state index contributed by atoms with van der Waals surface area (Å²) >= 11 is 6.36. The SMILES string of the molecule is CC1CCCC(N2CCC(c3cc(Cl)ccc3-n3ccnn3)=CC2=O)c2cc(ccn2)-c2ccccc2NC1=O. The highest BCUT2D eigenvalue weighted by Crippen LogP contribution is 2.37. The molecule has 40 heavy (non-hydrogen) atoms. The minimum atomic E-state index is -0.207. The van der Waals surface area contributed by atoms with E-state index in [9.17, 15) is 9.59 Å². The average Bonchev–Trinajstić information content (AvgIpc) is 3.50. The molecule has 2 aliphatic rings. The quantitative estimate of drug-likeness (QED) is 0.331. The van der Waals surface area contributed by atoms with Crippen molar-refractivity contribution in [2.45, 2.75) is 38.6 Å². The molecule has 6 rings (SSSR count). The highest BCUT2D eigenvalue weighted by atomic mass is 35.5. The highest BCUT2D eigenvalue weighted by molar-refractivity contribution is 6.30. The summed E-state index contributed by atoms with van der Waals surface area (Å²) in [6.45, 7) is 2.49. The summed E-state index contributed by atoms with van der Waals surface area (Å²) in [5, 5.41) is 11.8. The number of nitrogens with zero attached hydrogens (tertiary/aromatic N) is 5. The molecule has 202 valence electrons. The fourth-order valence-corrected chi connectivity index (χ4v) is 5.76. The van der Waals surface area contributed by atoms with Crippen LogP contribution in [-0.2, 0) is 9.59 Å². The molecule has 2 atom stereocenters. The minimum absolute atomic E-state index is 0.00480. The van der Waals surface area contributed by atoms with Crippen LogP contribution in [0, 0.1) is 5.92 Å². The maximum atomic E-state index is 13.7. The maximum Gasteiger partial charge on any atom is 0.247 e. The van der Waals surface area contributed by atoms with E-state index in [1.807, 2.05) is 66.4 Å². The molecule has 2 aromatic heterocycles. The Balaban J connectivity index is 1.36. The molecule has 2 aliphatic heterocycles. The van der Waals surface area contributed by atoms with Gasteiger partial charge in [-0.25, -0.2) is 4.68 Å². The van der Waals surface area contributed by atoms with Crippen molar-refractivity contribution in [1.29, 1.82) is 0 Å². The van der Waals surface area contributed by atoms with Crippen LogP contribution in [0.15, 0.2) is 79.3 Å². The summed E-state index contributed by atoms with van der Waals surface area (Å²) < 4.78 is 1.68. The molecule has 2 bridgehead atoms. The molecule has 8 nitrogen and oxygen atoms in total. The van der Waals surface area contributed by atoms with Gasteiger partial charge in [-0.05, 0) is 66.8 Å². The molecule has 4 aromatic rings. The van der Waals surface area contributed by atoms with E-state index in [0.29, 0.717) is 24.4 Å². The Kier molecular flexibility index (Phi) is 7.17. The molecule has 0 fully saturated rings. The summed E-state index contributed by atoms with van der Waals surface area (Å²) in [5.74, 6) is -0.215. The molecule has 0 radical (unpaired) electrons. The molecule has 4 heterocycles. The zero-order chi connectivity index (χ0) is 27.6. The third-order valence-corrected chi connectivity index (χ3v) is 7.97. The lowest BCUT2D eigenvalue weighted by molar-refractivity contribution is -0.129. The Morgan fingerprint density at radius 1 is 1.00 bits per heavy atom. The monoisotopic (exact) mass is 552 g/mol. The first-order valence-electron chi connectivity index (χ1n) is 13.5. The largest absolute Gasteiger partial charge is 0.330 e. The van der Waals surface area contributed by atoms with Crippen molar-refractivity contribution < 1.29 is 9.59 Å². The smallest absolute Gasteiger partial charge is 0.247 e. The van der Waals surface area contributed by atoms with Crippen LogP contribution in [0.3, 0.4) is 0 Å². The number of aromatic nitrogens is 4. The number of carbonyl (C=O) groups excluding carboxylic acids is 2.